The first-order valence-electron chi connectivity index (χ1n) is 8.26. The highest BCUT2D eigenvalue weighted by atomic mass is 32.2. The number of hydrogen-bond acceptors (Lipinski definition) is 2. The molecular formula is C19H15F3N2O2S. The minimum absolute atomic E-state index is 0.00102. The van der Waals surface area contributed by atoms with Gasteiger partial charge in [0.15, 0.2) is 0 Å². The van der Waals surface area contributed by atoms with Crippen LogP contribution in [0, 0.1) is 17.5 Å². The Labute approximate surface area is 154 Å². The van der Waals surface area contributed by atoms with Crippen LogP contribution in [-0.4, -0.2) is 23.8 Å². The van der Waals surface area contributed by atoms with Gasteiger partial charge in [-0.05, 0) is 36.4 Å². The van der Waals surface area contributed by atoms with Gasteiger partial charge in [0.05, 0.1) is 6.04 Å². The molecule has 2 aromatic carbocycles. The first-order valence-corrected chi connectivity index (χ1v) is 9.70. The SMILES string of the molecule is O=S(=O)(c1cc(F)ccc1F)N1CCn2cccc2C1c1ccccc1F. The molecule has 0 spiro atoms. The fraction of sp³-hybridized carbons (Fsp3) is 0.158. The zero-order chi connectivity index (χ0) is 19.2. The van der Waals surface area contributed by atoms with Crippen LogP contribution in [-0.2, 0) is 16.6 Å². The second kappa shape index (κ2) is 6.54. The van der Waals surface area contributed by atoms with Gasteiger partial charge in [0.25, 0.3) is 0 Å². The van der Waals surface area contributed by atoms with Gasteiger partial charge in [-0.1, -0.05) is 18.2 Å². The molecule has 0 bridgehead atoms. The molecule has 4 nitrogen and oxygen atoms in total. The van der Waals surface area contributed by atoms with Crippen LogP contribution in [0.15, 0.2) is 65.7 Å². The third kappa shape index (κ3) is 2.94. The first kappa shape index (κ1) is 17.8. The molecule has 0 amide bonds. The van der Waals surface area contributed by atoms with Gasteiger partial charge in [-0.2, -0.15) is 4.31 Å². The van der Waals surface area contributed by atoms with E-state index in [1.165, 1.54) is 18.2 Å². The number of sulfonamides is 1. The molecular weight excluding hydrogens is 377 g/mol. The maximum atomic E-state index is 14.5. The molecule has 1 atom stereocenters. The number of hydrogen-bond donors (Lipinski definition) is 0. The summed E-state index contributed by atoms with van der Waals surface area (Å²) in [7, 11) is -4.41. The Morgan fingerprint density at radius 3 is 2.44 bits per heavy atom. The maximum absolute atomic E-state index is 14.5. The number of halogens is 3. The summed E-state index contributed by atoms with van der Waals surface area (Å²) in [6, 6.07) is 10.6. The zero-order valence-electron chi connectivity index (χ0n) is 14.0. The van der Waals surface area contributed by atoms with E-state index in [0.717, 1.165) is 16.4 Å². The quantitative estimate of drug-likeness (QED) is 0.682. The van der Waals surface area contributed by atoms with Gasteiger partial charge in [-0.3, -0.25) is 0 Å². The van der Waals surface area contributed by atoms with Crippen LogP contribution in [0.3, 0.4) is 0 Å². The molecule has 0 radical (unpaired) electrons. The molecule has 1 aliphatic heterocycles. The fourth-order valence-corrected chi connectivity index (χ4v) is 5.08. The van der Waals surface area contributed by atoms with Crippen molar-refractivity contribution in [2.45, 2.75) is 17.5 Å². The summed E-state index contributed by atoms with van der Waals surface area (Å²) in [6.45, 7) is 0.322. The predicted molar refractivity (Wildman–Crippen MR) is 92.9 cm³/mol. The number of fused-ring (bicyclic) bond motifs is 1. The molecule has 0 aliphatic carbocycles. The van der Waals surface area contributed by atoms with E-state index >= 15 is 0 Å². The lowest BCUT2D eigenvalue weighted by Gasteiger charge is -2.36. The van der Waals surface area contributed by atoms with Crippen molar-refractivity contribution in [3.8, 4) is 0 Å². The molecule has 4 rings (SSSR count). The second-order valence-electron chi connectivity index (χ2n) is 6.24. The van der Waals surface area contributed by atoms with Gasteiger partial charge >= 0.3 is 0 Å². The van der Waals surface area contributed by atoms with Gasteiger partial charge in [0.2, 0.25) is 10.0 Å². The number of aromatic nitrogens is 1. The molecule has 27 heavy (non-hydrogen) atoms. The second-order valence-corrected chi connectivity index (χ2v) is 8.10. The molecule has 3 aromatic rings. The molecule has 0 saturated heterocycles. The molecule has 0 N–H and O–H groups in total. The predicted octanol–water partition coefficient (Wildman–Crippen LogP) is 3.70. The maximum Gasteiger partial charge on any atom is 0.247 e. The molecule has 0 fully saturated rings. The largest absolute Gasteiger partial charge is 0.348 e. The van der Waals surface area contributed by atoms with Crippen molar-refractivity contribution in [2.24, 2.45) is 0 Å². The highest BCUT2D eigenvalue weighted by molar-refractivity contribution is 7.89. The smallest absolute Gasteiger partial charge is 0.247 e. The number of nitrogens with zero attached hydrogens (tertiary/aromatic N) is 2. The minimum atomic E-state index is -4.41. The van der Waals surface area contributed by atoms with Crippen LogP contribution in [0.1, 0.15) is 17.3 Å². The van der Waals surface area contributed by atoms with Crippen molar-refractivity contribution >= 4 is 10.0 Å². The standard InChI is InChI=1S/C19H15F3N2O2S/c20-13-7-8-16(22)18(12-13)27(25,26)24-11-10-23-9-3-6-17(23)19(24)14-4-1-2-5-15(14)21/h1-9,12,19H,10-11H2. The molecule has 0 saturated carbocycles. The summed E-state index contributed by atoms with van der Waals surface area (Å²) in [5.74, 6) is -2.49. The summed E-state index contributed by atoms with van der Waals surface area (Å²) in [4.78, 5) is -0.760. The Morgan fingerprint density at radius 1 is 0.889 bits per heavy atom. The average molecular weight is 392 g/mol. The van der Waals surface area contributed by atoms with Crippen molar-refractivity contribution in [1.82, 2.24) is 8.87 Å². The Morgan fingerprint density at radius 2 is 1.67 bits per heavy atom. The van der Waals surface area contributed by atoms with E-state index in [1.54, 1.807) is 24.4 Å². The molecule has 8 heteroatoms. The third-order valence-corrected chi connectivity index (χ3v) is 6.55. The van der Waals surface area contributed by atoms with E-state index in [-0.39, 0.29) is 12.1 Å². The normalized spacial score (nSPS) is 17.7. The van der Waals surface area contributed by atoms with Crippen molar-refractivity contribution < 1.29 is 21.6 Å². The Kier molecular flexibility index (Phi) is 4.32. The van der Waals surface area contributed by atoms with Crippen LogP contribution in [0.5, 0.6) is 0 Å². The van der Waals surface area contributed by atoms with Crippen LogP contribution in [0.4, 0.5) is 13.2 Å². The van der Waals surface area contributed by atoms with Gasteiger partial charge in [0, 0.05) is 30.5 Å². The lowest BCUT2D eigenvalue weighted by Crippen LogP contribution is -2.42. The summed E-state index contributed by atoms with van der Waals surface area (Å²) in [5, 5.41) is 0. The van der Waals surface area contributed by atoms with Crippen molar-refractivity contribution in [1.29, 1.82) is 0 Å². The average Bonchev–Trinajstić information content (AvgIpc) is 3.12. The minimum Gasteiger partial charge on any atom is -0.348 e. The van der Waals surface area contributed by atoms with E-state index in [9.17, 15) is 21.6 Å². The number of benzene rings is 2. The topological polar surface area (TPSA) is 42.3 Å². The Hall–Kier alpha value is -2.58. The monoisotopic (exact) mass is 392 g/mol. The Balaban J connectivity index is 1.91. The molecule has 1 aliphatic rings. The number of rotatable bonds is 3. The third-order valence-electron chi connectivity index (χ3n) is 4.67. The summed E-state index contributed by atoms with van der Waals surface area (Å²) < 4.78 is 71.5. The summed E-state index contributed by atoms with van der Waals surface area (Å²) in [6.07, 6.45) is 1.77. The molecule has 1 unspecified atom stereocenters. The van der Waals surface area contributed by atoms with Crippen molar-refractivity contribution in [3.05, 3.63) is 89.5 Å². The summed E-state index contributed by atoms with van der Waals surface area (Å²) >= 11 is 0. The van der Waals surface area contributed by atoms with Crippen LogP contribution in [0.2, 0.25) is 0 Å². The molecule has 2 heterocycles. The van der Waals surface area contributed by atoms with Gasteiger partial charge in [-0.15, -0.1) is 0 Å². The van der Waals surface area contributed by atoms with Gasteiger partial charge in [0.1, 0.15) is 22.3 Å². The van der Waals surface area contributed by atoms with Gasteiger partial charge in [-0.25, -0.2) is 21.6 Å². The van der Waals surface area contributed by atoms with Gasteiger partial charge < -0.3 is 4.57 Å². The van der Waals surface area contributed by atoms with Crippen LogP contribution < -0.4 is 0 Å². The summed E-state index contributed by atoms with van der Waals surface area (Å²) in [5.41, 5.74) is 0.712. The Bertz CT molecular complexity index is 1110. The highest BCUT2D eigenvalue weighted by Gasteiger charge is 2.39. The van der Waals surface area contributed by atoms with Crippen LogP contribution >= 0.6 is 0 Å². The van der Waals surface area contributed by atoms with E-state index in [0.29, 0.717) is 18.3 Å². The molecule has 140 valence electrons. The van der Waals surface area contributed by atoms with E-state index < -0.39 is 38.4 Å². The van der Waals surface area contributed by atoms with Crippen molar-refractivity contribution in [3.63, 3.8) is 0 Å². The first-order chi connectivity index (χ1) is 12.9. The lowest BCUT2D eigenvalue weighted by atomic mass is 10.0. The van der Waals surface area contributed by atoms with E-state index in [4.69, 9.17) is 0 Å². The van der Waals surface area contributed by atoms with Crippen LogP contribution in [0.25, 0.3) is 0 Å². The zero-order valence-corrected chi connectivity index (χ0v) is 14.8. The highest BCUT2D eigenvalue weighted by Crippen LogP contribution is 2.38. The van der Waals surface area contributed by atoms with Crippen molar-refractivity contribution in [2.75, 3.05) is 6.54 Å². The van der Waals surface area contributed by atoms with E-state index in [1.807, 2.05) is 4.57 Å². The lowest BCUT2D eigenvalue weighted by molar-refractivity contribution is 0.292. The molecule has 1 aromatic heterocycles. The van der Waals surface area contributed by atoms with E-state index in [2.05, 4.69) is 0 Å². The fourth-order valence-electron chi connectivity index (χ4n) is 3.43.